The SMILES string of the molecule is Cl.Fc1cc2ccccc2cc1-c1nn2c(c1-c1ccncc1)CNCC2. The van der Waals surface area contributed by atoms with Gasteiger partial charge in [0.25, 0.3) is 0 Å². The Morgan fingerprint density at radius 2 is 1.74 bits per heavy atom. The number of aromatic nitrogens is 3. The number of benzene rings is 2. The molecular weight excluding hydrogens is 363 g/mol. The zero-order valence-corrected chi connectivity index (χ0v) is 15.3. The van der Waals surface area contributed by atoms with Crippen molar-refractivity contribution in [3.8, 4) is 22.4 Å². The summed E-state index contributed by atoms with van der Waals surface area (Å²) >= 11 is 0. The molecule has 1 N–H and O–H groups in total. The summed E-state index contributed by atoms with van der Waals surface area (Å²) in [5.74, 6) is -0.248. The van der Waals surface area contributed by atoms with Gasteiger partial charge in [0.2, 0.25) is 0 Å². The first-order valence-electron chi connectivity index (χ1n) is 8.71. The Morgan fingerprint density at radius 1 is 1.00 bits per heavy atom. The Balaban J connectivity index is 0.00000180. The fourth-order valence-corrected chi connectivity index (χ4v) is 3.66. The standard InChI is InChI=1S/C21H17FN4.ClH/c22-18-12-16-4-2-1-3-15(16)11-17(18)21-20(14-5-7-23-8-6-14)19-13-24-9-10-26(19)25-21;/h1-8,11-12,24H,9-10,13H2;1H. The summed E-state index contributed by atoms with van der Waals surface area (Å²) in [7, 11) is 0. The van der Waals surface area contributed by atoms with E-state index in [2.05, 4.69) is 10.3 Å². The Labute approximate surface area is 162 Å². The van der Waals surface area contributed by atoms with Gasteiger partial charge in [0.15, 0.2) is 0 Å². The second kappa shape index (κ2) is 7.10. The highest BCUT2D eigenvalue weighted by Gasteiger charge is 2.24. The largest absolute Gasteiger partial charge is 0.309 e. The fraction of sp³-hybridized carbons (Fsp3) is 0.143. The molecule has 136 valence electrons. The maximum absolute atomic E-state index is 15.0. The molecule has 0 atom stereocenters. The summed E-state index contributed by atoms with van der Waals surface area (Å²) in [6.07, 6.45) is 3.52. The van der Waals surface area contributed by atoms with Crippen LogP contribution in [0, 0.1) is 5.82 Å². The third-order valence-electron chi connectivity index (χ3n) is 4.91. The lowest BCUT2D eigenvalue weighted by Gasteiger charge is -2.16. The number of pyridine rings is 1. The summed E-state index contributed by atoms with van der Waals surface area (Å²) in [5, 5.41) is 10.1. The molecule has 1 aliphatic rings. The molecule has 0 spiro atoms. The quantitative estimate of drug-likeness (QED) is 0.559. The van der Waals surface area contributed by atoms with Gasteiger partial charge in [0.1, 0.15) is 11.5 Å². The van der Waals surface area contributed by atoms with Gasteiger partial charge in [-0.2, -0.15) is 5.10 Å². The smallest absolute Gasteiger partial charge is 0.133 e. The minimum atomic E-state index is -0.248. The van der Waals surface area contributed by atoms with Crippen LogP contribution in [0.2, 0.25) is 0 Å². The lowest BCUT2D eigenvalue weighted by Crippen LogP contribution is -2.28. The van der Waals surface area contributed by atoms with E-state index in [-0.39, 0.29) is 18.2 Å². The van der Waals surface area contributed by atoms with Crippen molar-refractivity contribution in [2.45, 2.75) is 13.1 Å². The van der Waals surface area contributed by atoms with E-state index in [4.69, 9.17) is 5.10 Å². The molecule has 0 saturated carbocycles. The number of nitrogens with zero attached hydrogens (tertiary/aromatic N) is 3. The van der Waals surface area contributed by atoms with Crippen molar-refractivity contribution >= 4 is 23.2 Å². The first kappa shape index (κ1) is 17.6. The Bertz CT molecular complexity index is 1110. The second-order valence-electron chi connectivity index (χ2n) is 6.49. The van der Waals surface area contributed by atoms with Crippen LogP contribution in [-0.4, -0.2) is 21.3 Å². The van der Waals surface area contributed by atoms with Crippen LogP contribution < -0.4 is 5.32 Å². The van der Waals surface area contributed by atoms with E-state index < -0.39 is 0 Å². The third-order valence-corrected chi connectivity index (χ3v) is 4.91. The van der Waals surface area contributed by atoms with Gasteiger partial charge in [-0.1, -0.05) is 24.3 Å². The van der Waals surface area contributed by atoms with E-state index in [1.807, 2.05) is 47.1 Å². The second-order valence-corrected chi connectivity index (χ2v) is 6.49. The molecular formula is C21H18ClFN4. The molecule has 27 heavy (non-hydrogen) atoms. The van der Waals surface area contributed by atoms with Crippen molar-refractivity contribution in [1.29, 1.82) is 0 Å². The molecule has 0 aliphatic carbocycles. The molecule has 4 nitrogen and oxygen atoms in total. The van der Waals surface area contributed by atoms with Gasteiger partial charge in [-0.15, -0.1) is 12.4 Å². The van der Waals surface area contributed by atoms with Crippen molar-refractivity contribution in [3.05, 3.63) is 72.4 Å². The van der Waals surface area contributed by atoms with Gasteiger partial charge in [-0.25, -0.2) is 4.39 Å². The number of rotatable bonds is 2. The number of nitrogens with one attached hydrogen (secondary N) is 1. The molecule has 0 amide bonds. The number of hydrogen-bond donors (Lipinski definition) is 1. The van der Waals surface area contributed by atoms with E-state index >= 15 is 0 Å². The maximum Gasteiger partial charge on any atom is 0.133 e. The van der Waals surface area contributed by atoms with Crippen LogP contribution in [0.15, 0.2) is 60.9 Å². The minimum Gasteiger partial charge on any atom is -0.309 e. The van der Waals surface area contributed by atoms with Crippen molar-refractivity contribution < 1.29 is 4.39 Å². The van der Waals surface area contributed by atoms with Crippen LogP contribution in [0.1, 0.15) is 5.69 Å². The van der Waals surface area contributed by atoms with Crippen LogP contribution in [0.4, 0.5) is 4.39 Å². The normalized spacial score (nSPS) is 13.2. The molecule has 0 unspecified atom stereocenters. The van der Waals surface area contributed by atoms with Crippen LogP contribution in [0.3, 0.4) is 0 Å². The molecule has 2 aromatic heterocycles. The van der Waals surface area contributed by atoms with E-state index in [1.165, 1.54) is 0 Å². The van der Waals surface area contributed by atoms with Crippen molar-refractivity contribution in [2.75, 3.05) is 6.54 Å². The zero-order valence-electron chi connectivity index (χ0n) is 14.5. The monoisotopic (exact) mass is 380 g/mol. The van der Waals surface area contributed by atoms with Gasteiger partial charge in [-0.3, -0.25) is 9.67 Å². The van der Waals surface area contributed by atoms with Crippen LogP contribution >= 0.6 is 12.4 Å². The predicted molar refractivity (Wildman–Crippen MR) is 107 cm³/mol. The molecule has 5 rings (SSSR count). The van der Waals surface area contributed by atoms with Gasteiger partial charge >= 0.3 is 0 Å². The van der Waals surface area contributed by atoms with Crippen molar-refractivity contribution in [2.24, 2.45) is 0 Å². The average molecular weight is 381 g/mol. The summed E-state index contributed by atoms with van der Waals surface area (Å²) < 4.78 is 17.0. The van der Waals surface area contributed by atoms with Crippen LogP contribution in [0.5, 0.6) is 0 Å². The number of halogens is 2. The number of fused-ring (bicyclic) bond motifs is 2. The molecule has 0 saturated heterocycles. The van der Waals surface area contributed by atoms with Crippen molar-refractivity contribution in [1.82, 2.24) is 20.1 Å². The Hall–Kier alpha value is -2.76. The van der Waals surface area contributed by atoms with Gasteiger partial charge < -0.3 is 5.32 Å². The molecule has 0 radical (unpaired) electrons. The van der Waals surface area contributed by atoms with Crippen molar-refractivity contribution in [3.63, 3.8) is 0 Å². The summed E-state index contributed by atoms with van der Waals surface area (Å²) in [4.78, 5) is 4.11. The first-order valence-corrected chi connectivity index (χ1v) is 8.71. The third kappa shape index (κ3) is 2.99. The predicted octanol–water partition coefficient (Wildman–Crippen LogP) is 4.43. The molecule has 2 aromatic carbocycles. The van der Waals surface area contributed by atoms with Gasteiger partial charge in [0, 0.05) is 36.6 Å². The minimum absolute atomic E-state index is 0. The first-order chi connectivity index (χ1) is 12.8. The van der Waals surface area contributed by atoms with Crippen LogP contribution in [-0.2, 0) is 13.1 Å². The summed E-state index contributed by atoms with van der Waals surface area (Å²) in [5.41, 5.74) is 4.31. The lowest BCUT2D eigenvalue weighted by molar-refractivity contribution is 0.477. The Kier molecular flexibility index (Phi) is 4.64. The number of hydrogen-bond acceptors (Lipinski definition) is 3. The highest BCUT2D eigenvalue weighted by atomic mass is 35.5. The lowest BCUT2D eigenvalue weighted by atomic mass is 9.97. The maximum atomic E-state index is 15.0. The molecule has 3 heterocycles. The fourth-order valence-electron chi connectivity index (χ4n) is 3.66. The highest BCUT2D eigenvalue weighted by molar-refractivity contribution is 5.91. The Morgan fingerprint density at radius 3 is 2.52 bits per heavy atom. The van der Waals surface area contributed by atoms with E-state index in [0.717, 1.165) is 47.2 Å². The van der Waals surface area contributed by atoms with Gasteiger partial charge in [-0.05, 0) is 40.6 Å². The zero-order chi connectivity index (χ0) is 17.5. The molecule has 0 bridgehead atoms. The molecule has 6 heteroatoms. The average Bonchev–Trinajstić information content (AvgIpc) is 3.07. The molecule has 0 fully saturated rings. The summed E-state index contributed by atoms with van der Waals surface area (Å²) in [6, 6.07) is 15.2. The van der Waals surface area contributed by atoms with Crippen LogP contribution in [0.25, 0.3) is 33.2 Å². The molecule has 1 aliphatic heterocycles. The van der Waals surface area contributed by atoms with E-state index in [1.54, 1.807) is 18.5 Å². The van der Waals surface area contributed by atoms with E-state index in [0.29, 0.717) is 11.3 Å². The molecule has 4 aromatic rings. The van der Waals surface area contributed by atoms with E-state index in [9.17, 15) is 4.39 Å². The van der Waals surface area contributed by atoms with Gasteiger partial charge in [0.05, 0.1) is 12.2 Å². The topological polar surface area (TPSA) is 42.7 Å². The highest BCUT2D eigenvalue weighted by Crippen LogP contribution is 2.37. The summed E-state index contributed by atoms with van der Waals surface area (Å²) in [6.45, 7) is 2.37.